The second kappa shape index (κ2) is 8.09. The largest absolute Gasteiger partial charge is 0.345 e. The summed E-state index contributed by atoms with van der Waals surface area (Å²) in [4.78, 5) is 12.8. The number of hydrogen-bond donors (Lipinski definition) is 2. The number of para-hydroxylation sites is 1. The predicted octanol–water partition coefficient (Wildman–Crippen LogP) is 4.37. The number of sulfonamides is 1. The molecular formula is C23H22N2O3S. The van der Waals surface area contributed by atoms with Crippen LogP contribution in [0.4, 0.5) is 5.69 Å². The molecule has 0 saturated heterocycles. The van der Waals surface area contributed by atoms with Gasteiger partial charge in [-0.05, 0) is 60.7 Å². The minimum Gasteiger partial charge on any atom is -0.345 e. The molecule has 148 valence electrons. The maximum absolute atomic E-state index is 12.7. The highest BCUT2D eigenvalue weighted by molar-refractivity contribution is 7.92. The average molecular weight is 407 g/mol. The SMILES string of the molecule is O=C(NC(c1ccccc1)C1CC1)c1ccc(S(=O)(=O)Nc2ccccc2)cc1. The van der Waals surface area contributed by atoms with Gasteiger partial charge in [-0.1, -0.05) is 48.5 Å². The monoisotopic (exact) mass is 406 g/mol. The van der Waals surface area contributed by atoms with E-state index < -0.39 is 10.0 Å². The first-order chi connectivity index (χ1) is 14.0. The normalized spacial score (nSPS) is 14.8. The van der Waals surface area contributed by atoms with Crippen molar-refractivity contribution in [2.75, 3.05) is 4.72 Å². The molecule has 1 unspecified atom stereocenters. The van der Waals surface area contributed by atoms with Gasteiger partial charge >= 0.3 is 0 Å². The molecule has 1 atom stereocenters. The smallest absolute Gasteiger partial charge is 0.261 e. The van der Waals surface area contributed by atoms with Crippen LogP contribution in [0.1, 0.15) is 34.8 Å². The first-order valence-corrected chi connectivity index (χ1v) is 11.0. The standard InChI is InChI=1S/C23H22N2O3S/c26-23(24-22(18-11-12-18)17-7-3-1-4-8-17)19-13-15-21(16-14-19)29(27,28)25-20-9-5-2-6-10-20/h1-10,13-16,18,22,25H,11-12H2,(H,24,26). The highest BCUT2D eigenvalue weighted by Gasteiger charge is 2.33. The third-order valence-electron chi connectivity index (χ3n) is 4.99. The maximum atomic E-state index is 12.7. The Labute approximate surface area is 170 Å². The molecule has 5 nitrogen and oxygen atoms in total. The molecule has 6 heteroatoms. The third kappa shape index (κ3) is 4.66. The summed E-state index contributed by atoms with van der Waals surface area (Å²) in [5.74, 6) is 0.252. The van der Waals surface area contributed by atoms with Crippen LogP contribution in [0.25, 0.3) is 0 Å². The van der Waals surface area contributed by atoms with Crippen LogP contribution >= 0.6 is 0 Å². The van der Waals surface area contributed by atoms with Crippen LogP contribution < -0.4 is 10.0 Å². The van der Waals surface area contributed by atoms with Gasteiger partial charge in [0.05, 0.1) is 10.9 Å². The van der Waals surface area contributed by atoms with E-state index >= 15 is 0 Å². The molecule has 4 rings (SSSR count). The van der Waals surface area contributed by atoms with Crippen molar-refractivity contribution in [1.29, 1.82) is 0 Å². The number of carbonyl (C=O) groups is 1. The van der Waals surface area contributed by atoms with Crippen molar-refractivity contribution < 1.29 is 13.2 Å². The molecule has 0 radical (unpaired) electrons. The number of carbonyl (C=O) groups excluding carboxylic acids is 1. The average Bonchev–Trinajstić information content (AvgIpc) is 3.58. The van der Waals surface area contributed by atoms with E-state index in [2.05, 4.69) is 10.0 Å². The van der Waals surface area contributed by atoms with E-state index in [-0.39, 0.29) is 16.8 Å². The molecule has 0 aliphatic heterocycles. The lowest BCUT2D eigenvalue weighted by atomic mass is 10.0. The Hall–Kier alpha value is -3.12. The molecule has 1 saturated carbocycles. The van der Waals surface area contributed by atoms with Crippen LogP contribution in [0.3, 0.4) is 0 Å². The lowest BCUT2D eigenvalue weighted by molar-refractivity contribution is 0.0931. The first kappa shape index (κ1) is 19.2. The molecule has 3 aromatic carbocycles. The summed E-state index contributed by atoms with van der Waals surface area (Å²) in [5.41, 5.74) is 2.02. The lowest BCUT2D eigenvalue weighted by Crippen LogP contribution is -2.29. The first-order valence-electron chi connectivity index (χ1n) is 9.57. The molecule has 2 N–H and O–H groups in total. The fourth-order valence-electron chi connectivity index (χ4n) is 3.29. The second-order valence-corrected chi connectivity index (χ2v) is 8.88. The van der Waals surface area contributed by atoms with Gasteiger partial charge in [0.1, 0.15) is 0 Å². The minimum atomic E-state index is -3.71. The molecule has 3 aromatic rings. The van der Waals surface area contributed by atoms with Crippen LogP contribution in [0.2, 0.25) is 0 Å². The third-order valence-corrected chi connectivity index (χ3v) is 6.39. The summed E-state index contributed by atoms with van der Waals surface area (Å²) >= 11 is 0. The van der Waals surface area contributed by atoms with Crippen molar-refractivity contribution in [3.63, 3.8) is 0 Å². The van der Waals surface area contributed by atoms with Crippen LogP contribution in [0, 0.1) is 5.92 Å². The minimum absolute atomic E-state index is 0.0214. The van der Waals surface area contributed by atoms with Crippen LogP contribution in [0.5, 0.6) is 0 Å². The van der Waals surface area contributed by atoms with E-state index in [1.807, 2.05) is 36.4 Å². The topological polar surface area (TPSA) is 75.3 Å². The molecular weight excluding hydrogens is 384 g/mol. The van der Waals surface area contributed by atoms with Gasteiger partial charge in [0.2, 0.25) is 0 Å². The summed E-state index contributed by atoms with van der Waals surface area (Å²) in [5, 5.41) is 3.11. The number of rotatable bonds is 7. The number of anilines is 1. The van der Waals surface area contributed by atoms with Crippen LogP contribution in [-0.4, -0.2) is 14.3 Å². The summed E-state index contributed by atoms with van der Waals surface area (Å²) in [6, 6.07) is 24.6. The highest BCUT2D eigenvalue weighted by Crippen LogP contribution is 2.41. The van der Waals surface area contributed by atoms with Crippen molar-refractivity contribution >= 4 is 21.6 Å². The molecule has 0 bridgehead atoms. The van der Waals surface area contributed by atoms with Gasteiger partial charge in [0.15, 0.2) is 0 Å². The fraction of sp³-hybridized carbons (Fsp3) is 0.174. The molecule has 0 aromatic heterocycles. The van der Waals surface area contributed by atoms with Gasteiger partial charge in [-0.2, -0.15) is 0 Å². The zero-order valence-electron chi connectivity index (χ0n) is 15.8. The van der Waals surface area contributed by atoms with Crippen molar-refractivity contribution in [2.45, 2.75) is 23.8 Å². The summed E-state index contributed by atoms with van der Waals surface area (Å²) < 4.78 is 27.6. The number of nitrogens with one attached hydrogen (secondary N) is 2. The Balaban J connectivity index is 1.48. The quantitative estimate of drug-likeness (QED) is 0.612. The van der Waals surface area contributed by atoms with Gasteiger partial charge in [-0.25, -0.2) is 8.42 Å². The van der Waals surface area contributed by atoms with Crippen molar-refractivity contribution in [3.8, 4) is 0 Å². The van der Waals surface area contributed by atoms with Gasteiger partial charge in [0, 0.05) is 11.3 Å². The van der Waals surface area contributed by atoms with E-state index in [0.29, 0.717) is 17.2 Å². The maximum Gasteiger partial charge on any atom is 0.261 e. The Morgan fingerprint density at radius 1 is 0.828 bits per heavy atom. The second-order valence-electron chi connectivity index (χ2n) is 7.20. The summed E-state index contributed by atoms with van der Waals surface area (Å²) in [7, 11) is -3.71. The van der Waals surface area contributed by atoms with Gasteiger partial charge in [0.25, 0.3) is 15.9 Å². The van der Waals surface area contributed by atoms with E-state index in [1.54, 1.807) is 36.4 Å². The van der Waals surface area contributed by atoms with Crippen LogP contribution in [0.15, 0.2) is 89.8 Å². The predicted molar refractivity (Wildman–Crippen MR) is 113 cm³/mol. The van der Waals surface area contributed by atoms with Gasteiger partial charge in [-0.15, -0.1) is 0 Å². The fourth-order valence-corrected chi connectivity index (χ4v) is 4.35. The van der Waals surface area contributed by atoms with Gasteiger partial charge < -0.3 is 5.32 Å². The molecule has 29 heavy (non-hydrogen) atoms. The Morgan fingerprint density at radius 3 is 2.00 bits per heavy atom. The Morgan fingerprint density at radius 2 is 1.41 bits per heavy atom. The van der Waals surface area contributed by atoms with Crippen LogP contribution in [-0.2, 0) is 10.0 Å². The molecule has 0 heterocycles. The zero-order valence-corrected chi connectivity index (χ0v) is 16.6. The molecule has 1 aliphatic carbocycles. The number of amides is 1. The van der Waals surface area contributed by atoms with Crippen molar-refractivity contribution in [1.82, 2.24) is 5.32 Å². The molecule has 1 amide bonds. The Kier molecular flexibility index (Phi) is 5.36. The molecule has 1 aliphatic rings. The number of hydrogen-bond acceptors (Lipinski definition) is 3. The van der Waals surface area contributed by atoms with E-state index in [9.17, 15) is 13.2 Å². The number of benzene rings is 3. The summed E-state index contributed by atoms with van der Waals surface area (Å²) in [6.45, 7) is 0. The van der Waals surface area contributed by atoms with Crippen molar-refractivity contribution in [3.05, 3.63) is 96.1 Å². The van der Waals surface area contributed by atoms with E-state index in [1.165, 1.54) is 12.1 Å². The van der Waals surface area contributed by atoms with Gasteiger partial charge in [-0.3, -0.25) is 9.52 Å². The van der Waals surface area contributed by atoms with Crippen molar-refractivity contribution in [2.24, 2.45) is 5.92 Å². The zero-order chi connectivity index (χ0) is 20.3. The van der Waals surface area contributed by atoms with E-state index in [4.69, 9.17) is 0 Å². The summed E-state index contributed by atoms with van der Waals surface area (Å²) in [6.07, 6.45) is 2.20. The highest BCUT2D eigenvalue weighted by atomic mass is 32.2. The van der Waals surface area contributed by atoms with E-state index in [0.717, 1.165) is 18.4 Å². The molecule has 0 spiro atoms. The Bertz CT molecular complexity index is 1080. The lowest BCUT2D eigenvalue weighted by Gasteiger charge is -2.19. The molecule has 1 fully saturated rings.